The van der Waals surface area contributed by atoms with Crippen LogP contribution in [0.5, 0.6) is 0 Å². The normalized spacial score (nSPS) is 34.7. The zero-order valence-electron chi connectivity index (χ0n) is 12.0. The predicted molar refractivity (Wildman–Crippen MR) is 87.2 cm³/mol. The lowest BCUT2D eigenvalue weighted by molar-refractivity contribution is -0.120. The molecule has 0 aromatic heterocycles. The zero-order chi connectivity index (χ0) is 15.0. The first-order valence-electron chi connectivity index (χ1n) is 7.45. The minimum Gasteiger partial charge on any atom is -0.315 e. The Morgan fingerprint density at radius 1 is 1.19 bits per heavy atom. The third-order valence-corrected chi connectivity index (χ3v) is 5.31. The SMILES string of the molecule is CNC1CC(Cl)CC1N(C(=O)[C@@H]1C[C@H]1Cl)c1ccccc1. The van der Waals surface area contributed by atoms with E-state index >= 15 is 0 Å². The molecule has 0 aliphatic heterocycles. The highest BCUT2D eigenvalue weighted by molar-refractivity contribution is 6.25. The van der Waals surface area contributed by atoms with Crippen LogP contribution in [0.4, 0.5) is 5.69 Å². The Morgan fingerprint density at radius 3 is 2.43 bits per heavy atom. The molecule has 0 spiro atoms. The molecule has 1 aromatic rings. The number of carbonyl (C=O) groups is 1. The van der Waals surface area contributed by atoms with Crippen LogP contribution < -0.4 is 10.2 Å². The van der Waals surface area contributed by atoms with E-state index in [0.717, 1.165) is 24.9 Å². The number of carbonyl (C=O) groups excluding carboxylic acids is 1. The second kappa shape index (κ2) is 6.15. The molecule has 0 radical (unpaired) electrons. The standard InChI is InChI=1S/C16H20Cl2N2O/c1-19-14-7-10(17)8-15(14)20(11-5-3-2-4-6-11)16(21)12-9-13(12)18/h2-6,10,12-15,19H,7-9H2,1H3/t10?,12-,13-,14?,15?/m1/s1. The molecule has 3 unspecified atom stereocenters. The molecule has 0 bridgehead atoms. The van der Waals surface area contributed by atoms with Gasteiger partial charge in [-0.15, -0.1) is 23.2 Å². The van der Waals surface area contributed by atoms with Crippen LogP contribution in [0.1, 0.15) is 19.3 Å². The number of likely N-dealkylation sites (N-methyl/N-ethyl adjacent to an activating group) is 1. The largest absolute Gasteiger partial charge is 0.315 e. The fourth-order valence-corrected chi connectivity index (χ4v) is 3.89. The van der Waals surface area contributed by atoms with E-state index in [-0.39, 0.29) is 34.7 Å². The second-order valence-corrected chi connectivity index (χ2v) is 7.11. The van der Waals surface area contributed by atoms with Crippen LogP contribution in [0.25, 0.3) is 0 Å². The summed E-state index contributed by atoms with van der Waals surface area (Å²) in [5.74, 6) is 0.0935. The summed E-state index contributed by atoms with van der Waals surface area (Å²) in [6.07, 6.45) is 2.48. The van der Waals surface area contributed by atoms with Gasteiger partial charge in [-0.25, -0.2) is 0 Å². The molecule has 1 aromatic carbocycles. The number of benzene rings is 1. The van der Waals surface area contributed by atoms with Gasteiger partial charge in [0.15, 0.2) is 0 Å². The summed E-state index contributed by atoms with van der Waals surface area (Å²) in [5.41, 5.74) is 0.939. The van der Waals surface area contributed by atoms with E-state index in [4.69, 9.17) is 23.2 Å². The van der Waals surface area contributed by atoms with Crippen LogP contribution in [0.3, 0.4) is 0 Å². The maximum absolute atomic E-state index is 12.8. The lowest BCUT2D eigenvalue weighted by Gasteiger charge is -2.33. The molecular formula is C16H20Cl2N2O. The highest BCUT2D eigenvalue weighted by atomic mass is 35.5. The summed E-state index contributed by atoms with van der Waals surface area (Å²) in [4.78, 5) is 14.8. The molecule has 1 amide bonds. The summed E-state index contributed by atoms with van der Waals surface area (Å²) < 4.78 is 0. The van der Waals surface area contributed by atoms with Gasteiger partial charge in [-0.3, -0.25) is 4.79 Å². The summed E-state index contributed by atoms with van der Waals surface area (Å²) >= 11 is 12.4. The molecule has 2 aliphatic carbocycles. The van der Waals surface area contributed by atoms with Gasteiger partial charge < -0.3 is 10.2 Å². The molecule has 21 heavy (non-hydrogen) atoms. The van der Waals surface area contributed by atoms with Crippen LogP contribution in [0.15, 0.2) is 30.3 Å². The van der Waals surface area contributed by atoms with Crippen LogP contribution in [0.2, 0.25) is 0 Å². The van der Waals surface area contributed by atoms with Crippen LogP contribution in [-0.4, -0.2) is 35.8 Å². The summed E-state index contributed by atoms with van der Waals surface area (Å²) in [6, 6.07) is 10.2. The van der Waals surface area contributed by atoms with Crippen molar-refractivity contribution in [1.82, 2.24) is 5.32 Å². The Morgan fingerprint density at radius 2 is 1.86 bits per heavy atom. The highest BCUT2D eigenvalue weighted by Gasteiger charge is 2.48. The number of hydrogen-bond acceptors (Lipinski definition) is 2. The van der Waals surface area contributed by atoms with Crippen LogP contribution in [0, 0.1) is 5.92 Å². The Bertz CT molecular complexity index is 510. The fraction of sp³-hybridized carbons (Fsp3) is 0.562. The number of alkyl halides is 2. The zero-order valence-corrected chi connectivity index (χ0v) is 13.5. The van der Waals surface area contributed by atoms with Crippen molar-refractivity contribution in [3.8, 4) is 0 Å². The Labute approximate surface area is 135 Å². The average molecular weight is 327 g/mol. The second-order valence-electron chi connectivity index (χ2n) is 5.93. The Hall–Kier alpha value is -0.770. The average Bonchev–Trinajstić information content (AvgIpc) is 3.10. The van der Waals surface area contributed by atoms with Gasteiger partial charge in [0.1, 0.15) is 0 Å². The third-order valence-electron chi connectivity index (χ3n) is 4.48. The van der Waals surface area contributed by atoms with Gasteiger partial charge in [0.25, 0.3) is 0 Å². The first-order valence-corrected chi connectivity index (χ1v) is 8.32. The summed E-state index contributed by atoms with van der Waals surface area (Å²) in [7, 11) is 1.93. The minimum absolute atomic E-state index is 0.00931. The highest BCUT2D eigenvalue weighted by Crippen LogP contribution is 2.41. The quantitative estimate of drug-likeness (QED) is 0.862. The molecule has 114 valence electrons. The third kappa shape index (κ3) is 3.05. The van der Waals surface area contributed by atoms with E-state index in [1.165, 1.54) is 0 Å². The van der Waals surface area contributed by atoms with Crippen LogP contribution >= 0.6 is 23.2 Å². The number of nitrogens with one attached hydrogen (secondary N) is 1. The number of amides is 1. The first kappa shape index (κ1) is 15.1. The van der Waals surface area contributed by atoms with Crippen molar-refractivity contribution in [1.29, 1.82) is 0 Å². The molecule has 0 saturated heterocycles. The van der Waals surface area contributed by atoms with E-state index in [9.17, 15) is 4.79 Å². The van der Waals surface area contributed by atoms with Crippen molar-refractivity contribution in [3.05, 3.63) is 30.3 Å². The van der Waals surface area contributed by atoms with Crippen molar-refractivity contribution < 1.29 is 4.79 Å². The predicted octanol–water partition coefficient (Wildman–Crippen LogP) is 3.00. The van der Waals surface area contributed by atoms with Crippen molar-refractivity contribution in [2.24, 2.45) is 5.92 Å². The van der Waals surface area contributed by atoms with Crippen LogP contribution in [-0.2, 0) is 4.79 Å². The molecule has 3 nitrogen and oxygen atoms in total. The number of anilines is 1. The Kier molecular flexibility index (Phi) is 4.43. The Balaban J connectivity index is 1.90. The number of halogens is 2. The number of hydrogen-bond donors (Lipinski definition) is 1. The molecule has 3 rings (SSSR count). The summed E-state index contributed by atoms with van der Waals surface area (Å²) in [5, 5.41) is 3.41. The fourth-order valence-electron chi connectivity index (χ4n) is 3.22. The molecule has 2 saturated carbocycles. The molecule has 5 heteroatoms. The van der Waals surface area contributed by atoms with Gasteiger partial charge >= 0.3 is 0 Å². The smallest absolute Gasteiger partial charge is 0.231 e. The van der Waals surface area contributed by atoms with Crippen molar-refractivity contribution in [2.75, 3.05) is 11.9 Å². The van der Waals surface area contributed by atoms with E-state index in [2.05, 4.69) is 5.32 Å². The van der Waals surface area contributed by atoms with Gasteiger partial charge in [-0.05, 0) is 38.4 Å². The summed E-state index contributed by atoms with van der Waals surface area (Å²) in [6.45, 7) is 0. The van der Waals surface area contributed by atoms with Gasteiger partial charge in [0, 0.05) is 22.5 Å². The van der Waals surface area contributed by atoms with Crippen molar-refractivity contribution in [3.63, 3.8) is 0 Å². The first-order chi connectivity index (χ1) is 10.1. The molecule has 1 N–H and O–H groups in total. The van der Waals surface area contributed by atoms with Crippen molar-refractivity contribution >= 4 is 34.8 Å². The van der Waals surface area contributed by atoms with E-state index in [1.54, 1.807) is 0 Å². The van der Waals surface area contributed by atoms with E-state index < -0.39 is 0 Å². The topological polar surface area (TPSA) is 32.3 Å². The van der Waals surface area contributed by atoms with Gasteiger partial charge in [-0.1, -0.05) is 18.2 Å². The molecular weight excluding hydrogens is 307 g/mol. The maximum Gasteiger partial charge on any atom is 0.231 e. The van der Waals surface area contributed by atoms with Gasteiger partial charge in [-0.2, -0.15) is 0 Å². The van der Waals surface area contributed by atoms with Crippen molar-refractivity contribution in [2.45, 2.75) is 42.1 Å². The van der Waals surface area contributed by atoms with Gasteiger partial charge in [0.2, 0.25) is 5.91 Å². The maximum atomic E-state index is 12.8. The molecule has 2 aliphatic rings. The monoisotopic (exact) mass is 326 g/mol. The number of para-hydroxylation sites is 1. The minimum atomic E-state index is -0.0428. The molecule has 0 heterocycles. The number of nitrogens with zero attached hydrogens (tertiary/aromatic N) is 1. The van der Waals surface area contributed by atoms with E-state index in [0.29, 0.717) is 0 Å². The van der Waals surface area contributed by atoms with E-state index in [1.807, 2.05) is 42.3 Å². The number of rotatable bonds is 4. The molecule has 2 fully saturated rings. The lowest BCUT2D eigenvalue weighted by Crippen LogP contribution is -2.49. The molecule has 5 atom stereocenters. The lowest BCUT2D eigenvalue weighted by atomic mass is 10.1. The van der Waals surface area contributed by atoms with Gasteiger partial charge in [0.05, 0.1) is 12.0 Å².